The van der Waals surface area contributed by atoms with E-state index >= 15 is 0 Å². The number of amides is 2. The summed E-state index contributed by atoms with van der Waals surface area (Å²) in [6.07, 6.45) is 6.27. The number of hydrogen-bond acceptors (Lipinski definition) is 4. The van der Waals surface area contributed by atoms with Crippen molar-refractivity contribution in [3.63, 3.8) is 0 Å². The fourth-order valence-corrected chi connectivity index (χ4v) is 6.43. The third-order valence-corrected chi connectivity index (χ3v) is 8.80. The smallest absolute Gasteiger partial charge is 0.244 e. The van der Waals surface area contributed by atoms with E-state index in [1.165, 1.54) is 17.0 Å². The van der Waals surface area contributed by atoms with Crippen molar-refractivity contribution >= 4 is 27.5 Å². The molecular formula is C33H40FN3O4S. The Morgan fingerprint density at radius 3 is 2.12 bits per heavy atom. The summed E-state index contributed by atoms with van der Waals surface area (Å²) in [6.45, 7) is 3.26. The van der Waals surface area contributed by atoms with Crippen molar-refractivity contribution in [2.45, 2.75) is 71.0 Å². The molecule has 1 atom stereocenters. The van der Waals surface area contributed by atoms with Gasteiger partial charge < -0.3 is 10.2 Å². The monoisotopic (exact) mass is 593 g/mol. The first-order chi connectivity index (χ1) is 20.0. The van der Waals surface area contributed by atoms with Crippen LogP contribution in [0.1, 0.15) is 54.4 Å². The van der Waals surface area contributed by atoms with Gasteiger partial charge in [-0.2, -0.15) is 0 Å². The summed E-state index contributed by atoms with van der Waals surface area (Å²) in [5.74, 6) is -1.22. The average Bonchev–Trinajstić information content (AvgIpc) is 2.94. The predicted octanol–water partition coefficient (Wildman–Crippen LogP) is 5.30. The minimum absolute atomic E-state index is 0.0130. The molecule has 0 heterocycles. The van der Waals surface area contributed by atoms with Gasteiger partial charge in [0, 0.05) is 19.0 Å². The Balaban J connectivity index is 1.73. The molecule has 42 heavy (non-hydrogen) atoms. The lowest BCUT2D eigenvalue weighted by molar-refractivity contribution is -0.140. The van der Waals surface area contributed by atoms with Crippen LogP contribution in [0.15, 0.2) is 72.8 Å². The third kappa shape index (κ3) is 8.64. The number of benzene rings is 3. The number of nitrogens with zero attached hydrogens (tertiary/aromatic N) is 2. The zero-order valence-corrected chi connectivity index (χ0v) is 25.4. The molecule has 1 fully saturated rings. The SMILES string of the molecule is Cc1cc(C)cc(N(CC(=O)N(Cc2ccc(F)cc2)C(Cc2ccccc2)C(=O)NC2CCCCC2)S(C)(=O)=O)c1. The van der Waals surface area contributed by atoms with Gasteiger partial charge in [-0.05, 0) is 73.2 Å². The number of anilines is 1. The van der Waals surface area contributed by atoms with Gasteiger partial charge in [0.25, 0.3) is 0 Å². The Morgan fingerprint density at radius 2 is 1.52 bits per heavy atom. The lowest BCUT2D eigenvalue weighted by Crippen LogP contribution is -2.55. The molecule has 224 valence electrons. The van der Waals surface area contributed by atoms with E-state index in [1.807, 2.05) is 50.2 Å². The van der Waals surface area contributed by atoms with Crippen molar-refractivity contribution < 1.29 is 22.4 Å². The molecule has 1 aliphatic rings. The van der Waals surface area contributed by atoms with Gasteiger partial charge in [-0.3, -0.25) is 13.9 Å². The first kappa shape index (κ1) is 31.2. The predicted molar refractivity (Wildman–Crippen MR) is 164 cm³/mol. The Bertz CT molecular complexity index is 1450. The normalized spacial score (nSPS) is 14.7. The molecule has 7 nitrogen and oxygen atoms in total. The van der Waals surface area contributed by atoms with Crippen LogP contribution in [0, 0.1) is 19.7 Å². The summed E-state index contributed by atoms with van der Waals surface area (Å²) in [6, 6.07) is 19.7. The fourth-order valence-electron chi connectivity index (χ4n) is 5.59. The number of carbonyl (C=O) groups is 2. The first-order valence-corrected chi connectivity index (χ1v) is 16.3. The van der Waals surface area contributed by atoms with Crippen molar-refractivity contribution in [3.8, 4) is 0 Å². The highest BCUT2D eigenvalue weighted by atomic mass is 32.2. The van der Waals surface area contributed by atoms with E-state index in [2.05, 4.69) is 5.32 Å². The minimum atomic E-state index is -3.85. The van der Waals surface area contributed by atoms with Crippen molar-refractivity contribution in [1.29, 1.82) is 0 Å². The maximum atomic E-state index is 14.2. The second-order valence-corrected chi connectivity index (χ2v) is 13.2. The topological polar surface area (TPSA) is 86.8 Å². The van der Waals surface area contributed by atoms with Gasteiger partial charge in [0.05, 0.1) is 11.9 Å². The van der Waals surface area contributed by atoms with Crippen LogP contribution in [0.4, 0.5) is 10.1 Å². The van der Waals surface area contributed by atoms with Crippen LogP contribution in [-0.4, -0.2) is 50.0 Å². The highest BCUT2D eigenvalue weighted by Gasteiger charge is 2.34. The molecule has 1 N–H and O–H groups in total. The van der Waals surface area contributed by atoms with E-state index in [0.29, 0.717) is 11.3 Å². The molecule has 2 amide bonds. The van der Waals surface area contributed by atoms with Crippen LogP contribution < -0.4 is 9.62 Å². The van der Waals surface area contributed by atoms with Crippen molar-refractivity contribution in [2.24, 2.45) is 0 Å². The molecule has 0 aliphatic heterocycles. The molecule has 0 spiro atoms. The fraction of sp³-hybridized carbons (Fsp3) is 0.394. The molecule has 0 aromatic heterocycles. The third-order valence-electron chi connectivity index (χ3n) is 7.66. The Labute approximate surface area is 248 Å². The van der Waals surface area contributed by atoms with Crippen LogP contribution in [0.2, 0.25) is 0 Å². The molecule has 3 aromatic carbocycles. The van der Waals surface area contributed by atoms with Crippen molar-refractivity contribution in [3.05, 3.63) is 101 Å². The van der Waals surface area contributed by atoms with E-state index in [-0.39, 0.29) is 24.9 Å². The molecule has 4 rings (SSSR count). The zero-order valence-electron chi connectivity index (χ0n) is 24.6. The summed E-state index contributed by atoms with van der Waals surface area (Å²) >= 11 is 0. The number of halogens is 1. The van der Waals surface area contributed by atoms with E-state index in [0.717, 1.165) is 59.4 Å². The summed E-state index contributed by atoms with van der Waals surface area (Å²) in [7, 11) is -3.85. The van der Waals surface area contributed by atoms with Gasteiger partial charge in [-0.15, -0.1) is 0 Å². The zero-order chi connectivity index (χ0) is 30.3. The quantitative estimate of drug-likeness (QED) is 0.327. The van der Waals surface area contributed by atoms with Crippen LogP contribution in [-0.2, 0) is 32.6 Å². The number of carbonyl (C=O) groups excluding carboxylic acids is 2. The Morgan fingerprint density at radius 1 is 0.905 bits per heavy atom. The summed E-state index contributed by atoms with van der Waals surface area (Å²) in [4.78, 5) is 29.6. The van der Waals surface area contributed by atoms with Crippen LogP contribution in [0.3, 0.4) is 0 Å². The number of aryl methyl sites for hydroxylation is 2. The lowest BCUT2D eigenvalue weighted by atomic mass is 9.94. The van der Waals surface area contributed by atoms with Crippen LogP contribution >= 0.6 is 0 Å². The average molecular weight is 594 g/mol. The van der Waals surface area contributed by atoms with Crippen LogP contribution in [0.25, 0.3) is 0 Å². The molecule has 1 saturated carbocycles. The molecule has 0 saturated heterocycles. The highest BCUT2D eigenvalue weighted by Crippen LogP contribution is 2.24. The van der Waals surface area contributed by atoms with E-state index in [4.69, 9.17) is 0 Å². The number of nitrogens with one attached hydrogen (secondary N) is 1. The van der Waals surface area contributed by atoms with Gasteiger partial charge in [-0.25, -0.2) is 12.8 Å². The van der Waals surface area contributed by atoms with Crippen molar-refractivity contribution in [1.82, 2.24) is 10.2 Å². The van der Waals surface area contributed by atoms with Gasteiger partial charge in [0.1, 0.15) is 18.4 Å². The lowest BCUT2D eigenvalue weighted by Gasteiger charge is -2.35. The maximum absolute atomic E-state index is 14.2. The summed E-state index contributed by atoms with van der Waals surface area (Å²) in [5.41, 5.74) is 3.61. The molecule has 1 unspecified atom stereocenters. The van der Waals surface area contributed by atoms with Gasteiger partial charge in [0.2, 0.25) is 21.8 Å². The molecule has 0 bridgehead atoms. The van der Waals surface area contributed by atoms with Crippen molar-refractivity contribution in [2.75, 3.05) is 17.1 Å². The maximum Gasteiger partial charge on any atom is 0.244 e. The summed E-state index contributed by atoms with van der Waals surface area (Å²) in [5, 5.41) is 3.17. The molecule has 9 heteroatoms. The van der Waals surface area contributed by atoms with E-state index < -0.39 is 34.3 Å². The largest absolute Gasteiger partial charge is 0.352 e. The number of sulfonamides is 1. The van der Waals surface area contributed by atoms with E-state index in [9.17, 15) is 22.4 Å². The first-order valence-electron chi connectivity index (χ1n) is 14.4. The number of rotatable bonds is 11. The van der Waals surface area contributed by atoms with Gasteiger partial charge >= 0.3 is 0 Å². The highest BCUT2D eigenvalue weighted by molar-refractivity contribution is 7.92. The second kappa shape index (κ2) is 14.0. The second-order valence-electron chi connectivity index (χ2n) is 11.3. The van der Waals surface area contributed by atoms with E-state index in [1.54, 1.807) is 24.3 Å². The van der Waals surface area contributed by atoms with Gasteiger partial charge in [-0.1, -0.05) is 67.8 Å². The summed E-state index contributed by atoms with van der Waals surface area (Å²) < 4.78 is 40.8. The van der Waals surface area contributed by atoms with Crippen LogP contribution in [0.5, 0.6) is 0 Å². The number of hydrogen-bond donors (Lipinski definition) is 1. The Hall–Kier alpha value is -3.72. The molecule has 1 aliphatic carbocycles. The minimum Gasteiger partial charge on any atom is -0.352 e. The molecule has 0 radical (unpaired) electrons. The standard InChI is InChI=1S/C33H40FN3O4S/c1-24-18-25(2)20-30(19-24)37(42(3,40)41)23-32(38)36(22-27-14-16-28(34)17-15-27)31(21-26-10-6-4-7-11-26)33(39)35-29-12-8-5-9-13-29/h4,6-7,10-11,14-20,29,31H,5,8-9,12-13,21-23H2,1-3H3,(H,35,39). The Kier molecular flexibility index (Phi) is 10.4. The molecular weight excluding hydrogens is 553 g/mol. The van der Waals surface area contributed by atoms with Gasteiger partial charge in [0.15, 0.2) is 0 Å². The molecule has 3 aromatic rings.